The molecule has 0 aliphatic carbocycles. The van der Waals surface area contributed by atoms with Crippen LogP contribution >= 0.6 is 11.3 Å². The summed E-state index contributed by atoms with van der Waals surface area (Å²) in [5.41, 5.74) is 3.20. The van der Waals surface area contributed by atoms with Gasteiger partial charge in [-0.3, -0.25) is 4.98 Å². The molecule has 192 valence electrons. The van der Waals surface area contributed by atoms with Gasteiger partial charge in [0.15, 0.2) is 17.1 Å². The molecule has 0 bridgehead atoms. The number of aromatic carboxylic acids is 1. The van der Waals surface area contributed by atoms with Gasteiger partial charge < -0.3 is 23.4 Å². The van der Waals surface area contributed by atoms with Crippen molar-refractivity contribution in [2.75, 3.05) is 13.2 Å². The van der Waals surface area contributed by atoms with Gasteiger partial charge in [0, 0.05) is 16.6 Å². The first-order valence-corrected chi connectivity index (χ1v) is 12.9. The maximum atomic E-state index is 11.9. The van der Waals surface area contributed by atoms with Crippen LogP contribution in [0.3, 0.4) is 0 Å². The first-order valence-electron chi connectivity index (χ1n) is 12.1. The molecule has 0 spiro atoms. The van der Waals surface area contributed by atoms with Crippen molar-refractivity contribution >= 4 is 28.4 Å². The highest BCUT2D eigenvalue weighted by Gasteiger charge is 2.25. The minimum absolute atomic E-state index is 0.0461. The number of aromatic nitrogens is 3. The molecule has 9 nitrogen and oxygen atoms in total. The van der Waals surface area contributed by atoms with Crippen LogP contribution in [0.1, 0.15) is 15.2 Å². The summed E-state index contributed by atoms with van der Waals surface area (Å²) in [6, 6.07) is 17.6. The summed E-state index contributed by atoms with van der Waals surface area (Å²) in [7, 11) is 0. The SMILES string of the molecule is Cc1sc(-c2ccc(-c3ccnc(-c4cc(C(=O)O)cc(-c5nc6ccccc6o5)n4)c3)o2)c2c1OCCO2. The Hall–Kier alpha value is -4.96. The van der Waals surface area contributed by atoms with Crippen molar-refractivity contribution in [3.05, 3.63) is 77.3 Å². The molecule has 0 fully saturated rings. The number of para-hydroxylation sites is 2. The van der Waals surface area contributed by atoms with Crippen molar-refractivity contribution in [2.45, 2.75) is 6.92 Å². The third-order valence-corrected chi connectivity index (χ3v) is 7.37. The van der Waals surface area contributed by atoms with E-state index in [4.69, 9.17) is 18.3 Å². The zero-order valence-electron chi connectivity index (χ0n) is 20.5. The lowest BCUT2D eigenvalue weighted by molar-refractivity contribution is 0.0697. The number of thiophene rings is 1. The molecule has 6 aromatic rings. The maximum absolute atomic E-state index is 11.9. The molecule has 5 aromatic heterocycles. The Kier molecular flexibility index (Phi) is 5.41. The van der Waals surface area contributed by atoms with E-state index in [0.29, 0.717) is 58.7 Å². The molecule has 1 aliphatic rings. The van der Waals surface area contributed by atoms with Gasteiger partial charge in [0.05, 0.1) is 17.0 Å². The van der Waals surface area contributed by atoms with Crippen molar-refractivity contribution in [2.24, 2.45) is 0 Å². The highest BCUT2D eigenvalue weighted by Crippen LogP contribution is 2.49. The number of carboxylic acids is 1. The predicted molar refractivity (Wildman–Crippen MR) is 144 cm³/mol. The maximum Gasteiger partial charge on any atom is 0.335 e. The third kappa shape index (κ3) is 4.11. The number of hydrogen-bond acceptors (Lipinski definition) is 9. The number of aryl methyl sites for hydroxylation is 1. The summed E-state index contributed by atoms with van der Waals surface area (Å²) < 4.78 is 23.7. The van der Waals surface area contributed by atoms with Crippen molar-refractivity contribution in [3.63, 3.8) is 0 Å². The van der Waals surface area contributed by atoms with Crippen LogP contribution in [0.2, 0.25) is 0 Å². The van der Waals surface area contributed by atoms with Gasteiger partial charge in [-0.05, 0) is 55.5 Å². The van der Waals surface area contributed by atoms with Crippen LogP contribution in [-0.2, 0) is 0 Å². The number of oxazole rings is 1. The third-order valence-electron chi connectivity index (χ3n) is 6.29. The first-order chi connectivity index (χ1) is 19.0. The van der Waals surface area contributed by atoms with Gasteiger partial charge in [0.2, 0.25) is 5.89 Å². The molecule has 7 rings (SSSR count). The van der Waals surface area contributed by atoms with Crippen molar-refractivity contribution in [1.29, 1.82) is 0 Å². The molecule has 1 aliphatic heterocycles. The smallest absolute Gasteiger partial charge is 0.335 e. The number of furan rings is 1. The van der Waals surface area contributed by atoms with Gasteiger partial charge in [0.25, 0.3) is 0 Å². The highest BCUT2D eigenvalue weighted by molar-refractivity contribution is 7.16. The van der Waals surface area contributed by atoms with Gasteiger partial charge in [0.1, 0.15) is 40.8 Å². The molecule has 39 heavy (non-hydrogen) atoms. The summed E-state index contributed by atoms with van der Waals surface area (Å²) in [6.07, 6.45) is 1.63. The van der Waals surface area contributed by atoms with Gasteiger partial charge in [-0.25, -0.2) is 14.8 Å². The number of benzene rings is 1. The molecule has 0 unspecified atom stereocenters. The zero-order chi connectivity index (χ0) is 26.5. The fraction of sp³-hybridized carbons (Fsp3) is 0.103. The van der Waals surface area contributed by atoms with Crippen LogP contribution in [0.25, 0.3) is 56.0 Å². The summed E-state index contributed by atoms with van der Waals surface area (Å²) >= 11 is 1.56. The van der Waals surface area contributed by atoms with Crippen LogP contribution < -0.4 is 9.47 Å². The lowest BCUT2D eigenvalue weighted by Crippen LogP contribution is -2.14. The molecule has 0 saturated heterocycles. The van der Waals surface area contributed by atoms with E-state index in [9.17, 15) is 9.90 Å². The quantitative estimate of drug-likeness (QED) is 0.255. The Bertz CT molecular complexity index is 1850. The standard InChI is InChI=1S/C29H19N3O6S/c1-15-25-26(36-11-10-35-25)27(39-15)24-7-6-22(37-24)16-8-9-30-19(12-16)20-13-17(29(33)34)14-21(31-20)28-32-18-4-2-3-5-23(18)38-28/h2-9,12-14H,10-11H2,1H3,(H,33,34). The van der Waals surface area contributed by atoms with E-state index in [0.717, 1.165) is 21.1 Å². The van der Waals surface area contributed by atoms with E-state index >= 15 is 0 Å². The number of pyridine rings is 2. The molecule has 6 heterocycles. The molecule has 0 radical (unpaired) electrons. The minimum atomic E-state index is -1.09. The fourth-order valence-corrected chi connectivity index (χ4v) is 5.48. The molecule has 0 saturated carbocycles. The van der Waals surface area contributed by atoms with Crippen molar-refractivity contribution in [3.8, 4) is 56.4 Å². The Labute approximate surface area is 225 Å². The Morgan fingerprint density at radius 3 is 2.51 bits per heavy atom. The first kappa shape index (κ1) is 23.2. The summed E-state index contributed by atoms with van der Waals surface area (Å²) in [5.74, 6) is 1.91. The van der Waals surface area contributed by atoms with E-state index in [-0.39, 0.29) is 11.5 Å². The number of rotatable bonds is 5. The van der Waals surface area contributed by atoms with Crippen LogP contribution in [0, 0.1) is 6.92 Å². The second-order valence-electron chi connectivity index (χ2n) is 8.85. The molecule has 0 amide bonds. The van der Waals surface area contributed by atoms with Crippen LogP contribution in [0.4, 0.5) is 0 Å². The van der Waals surface area contributed by atoms with Crippen LogP contribution in [0.5, 0.6) is 11.5 Å². The largest absolute Gasteiger partial charge is 0.485 e. The molecule has 10 heteroatoms. The number of hydrogen-bond donors (Lipinski definition) is 1. The Morgan fingerprint density at radius 1 is 0.872 bits per heavy atom. The van der Waals surface area contributed by atoms with Crippen molar-refractivity contribution < 1.29 is 28.2 Å². The fourth-order valence-electron chi connectivity index (χ4n) is 4.47. The van der Waals surface area contributed by atoms with E-state index in [1.807, 2.05) is 43.3 Å². The van der Waals surface area contributed by atoms with Crippen molar-refractivity contribution in [1.82, 2.24) is 15.0 Å². The molecular weight excluding hydrogens is 518 g/mol. The number of nitrogens with zero attached hydrogens (tertiary/aromatic N) is 3. The summed E-state index contributed by atoms with van der Waals surface area (Å²) in [4.78, 5) is 27.4. The number of carboxylic acid groups (broad SMARTS) is 1. The lowest BCUT2D eigenvalue weighted by atomic mass is 10.1. The average molecular weight is 538 g/mol. The molecular formula is C29H19N3O6S. The normalized spacial score (nSPS) is 12.6. The van der Waals surface area contributed by atoms with E-state index in [1.54, 1.807) is 29.7 Å². The van der Waals surface area contributed by atoms with E-state index in [2.05, 4.69) is 15.0 Å². The topological polar surface area (TPSA) is 121 Å². The van der Waals surface area contributed by atoms with Gasteiger partial charge in [-0.1, -0.05) is 12.1 Å². The molecule has 1 aromatic carbocycles. The summed E-state index contributed by atoms with van der Waals surface area (Å²) in [5, 5.41) is 9.76. The summed E-state index contributed by atoms with van der Waals surface area (Å²) in [6.45, 7) is 3.01. The van der Waals surface area contributed by atoms with Gasteiger partial charge in [-0.15, -0.1) is 11.3 Å². The van der Waals surface area contributed by atoms with E-state index in [1.165, 1.54) is 12.1 Å². The lowest BCUT2D eigenvalue weighted by Gasteiger charge is -2.16. The molecule has 1 N–H and O–H groups in total. The van der Waals surface area contributed by atoms with Gasteiger partial charge in [-0.2, -0.15) is 0 Å². The van der Waals surface area contributed by atoms with Crippen LogP contribution in [0.15, 0.2) is 75.7 Å². The zero-order valence-corrected chi connectivity index (χ0v) is 21.3. The highest BCUT2D eigenvalue weighted by atomic mass is 32.1. The van der Waals surface area contributed by atoms with Crippen LogP contribution in [-0.4, -0.2) is 39.2 Å². The number of fused-ring (bicyclic) bond motifs is 2. The van der Waals surface area contributed by atoms with E-state index < -0.39 is 5.97 Å². The van der Waals surface area contributed by atoms with Gasteiger partial charge >= 0.3 is 5.97 Å². The second kappa shape index (κ2) is 9.10. The number of carbonyl (C=O) groups is 1. The Balaban J connectivity index is 1.27. The Morgan fingerprint density at radius 2 is 1.67 bits per heavy atom. The molecule has 0 atom stereocenters. The number of ether oxygens (including phenoxy) is 2. The minimum Gasteiger partial charge on any atom is -0.485 e. The monoisotopic (exact) mass is 537 g/mol. The average Bonchev–Trinajstić information content (AvgIpc) is 3.70. The second-order valence-corrected chi connectivity index (χ2v) is 10.1. The predicted octanol–water partition coefficient (Wildman–Crippen LogP) is 6.72.